The molecule has 3 heterocycles. The monoisotopic (exact) mass is 870 g/mol. The number of urea groups is 1. The number of carbonyl (C=O) groups excluding carboxylic acids is 2. The molecule has 1 saturated heterocycles. The van der Waals surface area contributed by atoms with Crippen LogP contribution in [0.15, 0.2) is 72.9 Å². The summed E-state index contributed by atoms with van der Waals surface area (Å²) in [5.74, 6) is -4.88. The van der Waals surface area contributed by atoms with Gasteiger partial charge in [0.05, 0.1) is 7.11 Å². The van der Waals surface area contributed by atoms with Crippen LogP contribution < -0.4 is 19.9 Å². The molecule has 6 rings (SSSR count). The number of fused-ring (bicyclic) bond motifs is 2. The Hall–Kier alpha value is -5.69. The number of carboxylic acid groups (broad SMARTS) is 2. The third-order valence-electron chi connectivity index (χ3n) is 9.82. The number of ether oxygens (including phenoxy) is 1. The number of nitrogens with one attached hydrogen (secondary N) is 2. The number of halogens is 7. The summed E-state index contributed by atoms with van der Waals surface area (Å²) in [5.41, 5.74) is 5.01. The van der Waals surface area contributed by atoms with E-state index in [-0.39, 0.29) is 23.8 Å². The first kappa shape index (κ1) is 47.0. The Morgan fingerprint density at radius 2 is 1.50 bits per heavy atom. The summed E-state index contributed by atoms with van der Waals surface area (Å²) in [4.78, 5) is 58.0. The highest BCUT2D eigenvalue weighted by Gasteiger charge is 2.40. The summed E-state index contributed by atoms with van der Waals surface area (Å²) in [6, 6.07) is 20.8. The Bertz CT molecular complexity index is 2080. The number of methoxy groups -OCH3 is 1. The Kier molecular flexibility index (Phi) is 15.7. The number of alkyl halides is 6. The third kappa shape index (κ3) is 12.4. The number of aliphatic carboxylic acids is 2. The fourth-order valence-corrected chi connectivity index (χ4v) is 7.16. The maximum Gasteiger partial charge on any atom is 0.490 e. The second-order valence-corrected chi connectivity index (χ2v) is 14.8. The summed E-state index contributed by atoms with van der Waals surface area (Å²) < 4.78 is 68.8. The molecule has 3 atom stereocenters. The van der Waals surface area contributed by atoms with Crippen molar-refractivity contribution in [2.45, 2.75) is 37.7 Å². The van der Waals surface area contributed by atoms with Crippen LogP contribution in [0.5, 0.6) is 5.75 Å². The van der Waals surface area contributed by atoms with E-state index in [0.29, 0.717) is 37.7 Å². The molecular formula is C40H45ClF6N6O7. The van der Waals surface area contributed by atoms with Crippen molar-refractivity contribution < 1.29 is 60.5 Å². The molecule has 13 nitrogen and oxygen atoms in total. The fraction of sp³-hybridized carbons (Fsp3) is 0.400. The second-order valence-electron chi connectivity index (χ2n) is 14.3. The van der Waals surface area contributed by atoms with Gasteiger partial charge in [0.1, 0.15) is 11.8 Å². The molecule has 0 saturated carbocycles. The van der Waals surface area contributed by atoms with E-state index in [9.17, 15) is 35.9 Å². The maximum atomic E-state index is 14.8. The van der Waals surface area contributed by atoms with Gasteiger partial charge in [0.15, 0.2) is 0 Å². The van der Waals surface area contributed by atoms with Gasteiger partial charge < -0.3 is 44.9 Å². The number of rotatable bonds is 8. The average Bonchev–Trinajstić information content (AvgIpc) is 3.63. The standard InChI is InChI=1S/C36H43ClN6O3.2C2HF3O2/c1-24(31-21-38-32-8-6-5-7-30(31)32)34(35(44)43-23-25(22-40(2)3)19-26-20-27(37)9-14-33(26)43)39-36(45)42-17-15-41(16-18-42)28-10-12-29(46-4)13-11-28;2*3-2(4,5)1(6)7/h5-14,20-21,24-25,34,38H,15-19,22-23H2,1-4H3,(H,39,45);2*(H,6,7)/t24?,25-,34?;;/m1../s1. The topological polar surface area (TPSA) is 159 Å². The molecule has 0 aliphatic carbocycles. The minimum absolute atomic E-state index is 0.116. The number of amides is 3. The lowest BCUT2D eigenvalue weighted by Gasteiger charge is -2.40. The van der Waals surface area contributed by atoms with Crippen LogP contribution in [0.3, 0.4) is 0 Å². The zero-order valence-electron chi connectivity index (χ0n) is 33.0. The highest BCUT2D eigenvalue weighted by Crippen LogP contribution is 2.35. The smallest absolute Gasteiger partial charge is 0.490 e. The molecule has 1 aromatic heterocycles. The van der Waals surface area contributed by atoms with Crippen LogP contribution in [-0.2, 0) is 20.8 Å². The number of aromatic nitrogens is 1. The molecule has 2 aliphatic rings. The lowest BCUT2D eigenvalue weighted by atomic mass is 9.88. The van der Waals surface area contributed by atoms with Crippen LogP contribution in [0.25, 0.3) is 10.9 Å². The molecule has 4 N–H and O–H groups in total. The number of aromatic amines is 1. The quantitative estimate of drug-likeness (QED) is 0.139. The molecule has 2 aliphatic heterocycles. The van der Waals surface area contributed by atoms with E-state index in [1.165, 1.54) is 0 Å². The average molecular weight is 871 g/mol. The lowest BCUT2D eigenvalue weighted by Crippen LogP contribution is -2.58. The van der Waals surface area contributed by atoms with E-state index in [0.717, 1.165) is 52.1 Å². The van der Waals surface area contributed by atoms with E-state index in [2.05, 4.69) is 40.3 Å². The van der Waals surface area contributed by atoms with Crippen molar-refractivity contribution in [3.63, 3.8) is 0 Å². The summed E-state index contributed by atoms with van der Waals surface area (Å²) in [5, 5.41) is 19.2. The van der Waals surface area contributed by atoms with Gasteiger partial charge in [0, 0.05) is 78.7 Å². The largest absolute Gasteiger partial charge is 0.497 e. The maximum absolute atomic E-state index is 14.8. The van der Waals surface area contributed by atoms with Crippen molar-refractivity contribution in [3.8, 4) is 5.75 Å². The van der Waals surface area contributed by atoms with Crippen LogP contribution >= 0.6 is 11.6 Å². The number of carbonyl (C=O) groups is 4. The van der Waals surface area contributed by atoms with Gasteiger partial charge in [-0.25, -0.2) is 14.4 Å². The van der Waals surface area contributed by atoms with Gasteiger partial charge in [-0.15, -0.1) is 0 Å². The molecule has 2 unspecified atom stereocenters. The van der Waals surface area contributed by atoms with E-state index in [4.69, 9.17) is 36.1 Å². The number of hydrogen-bond donors (Lipinski definition) is 4. The van der Waals surface area contributed by atoms with Crippen LogP contribution in [0.4, 0.5) is 42.5 Å². The minimum atomic E-state index is -5.08. The normalized spacial score (nSPS) is 16.4. The van der Waals surface area contributed by atoms with Crippen molar-refractivity contribution in [2.24, 2.45) is 5.92 Å². The van der Waals surface area contributed by atoms with Gasteiger partial charge in [0.25, 0.3) is 0 Å². The summed E-state index contributed by atoms with van der Waals surface area (Å²) >= 11 is 6.42. The number of nitrogens with zero attached hydrogens (tertiary/aromatic N) is 4. The lowest BCUT2D eigenvalue weighted by molar-refractivity contribution is -0.193. The molecule has 1 fully saturated rings. The molecule has 60 heavy (non-hydrogen) atoms. The van der Waals surface area contributed by atoms with Gasteiger partial charge in [-0.2, -0.15) is 26.3 Å². The van der Waals surface area contributed by atoms with Gasteiger partial charge in [-0.05, 0) is 86.1 Å². The number of benzene rings is 3. The minimum Gasteiger partial charge on any atom is -0.497 e. The molecule has 3 aromatic carbocycles. The molecule has 0 bridgehead atoms. The number of carboxylic acids is 2. The summed E-state index contributed by atoms with van der Waals surface area (Å²) in [6.45, 7) is 5.94. The van der Waals surface area contributed by atoms with E-state index < -0.39 is 30.3 Å². The SMILES string of the molecule is COc1ccc(N2CCN(C(=O)NC(C(=O)N3C[C@@H](CN(C)C)Cc4cc(Cl)ccc43)C(C)c3c[nH]c4ccccc34)CC2)cc1.O=C(O)C(F)(F)F.O=C(O)C(F)(F)F. The molecule has 20 heteroatoms. The predicted molar refractivity (Wildman–Crippen MR) is 213 cm³/mol. The Balaban J connectivity index is 0.000000488. The van der Waals surface area contributed by atoms with Crippen molar-refractivity contribution in [1.29, 1.82) is 0 Å². The fourth-order valence-electron chi connectivity index (χ4n) is 6.96. The molecule has 0 spiro atoms. The van der Waals surface area contributed by atoms with Crippen LogP contribution in [0.1, 0.15) is 24.0 Å². The summed E-state index contributed by atoms with van der Waals surface area (Å²) in [6.07, 6.45) is -7.36. The Morgan fingerprint density at radius 1 is 0.917 bits per heavy atom. The molecule has 326 valence electrons. The molecule has 3 amide bonds. The first-order chi connectivity index (χ1) is 28.1. The number of para-hydroxylation sites is 1. The van der Waals surface area contributed by atoms with Gasteiger partial charge in [-0.3, -0.25) is 4.79 Å². The van der Waals surface area contributed by atoms with Crippen molar-refractivity contribution in [3.05, 3.63) is 89.1 Å². The number of H-pyrrole nitrogens is 1. The second kappa shape index (κ2) is 20.0. The van der Waals surface area contributed by atoms with Crippen LogP contribution in [-0.4, -0.2) is 128 Å². The van der Waals surface area contributed by atoms with Crippen LogP contribution in [0, 0.1) is 5.92 Å². The van der Waals surface area contributed by atoms with Gasteiger partial charge >= 0.3 is 30.3 Å². The predicted octanol–water partition coefficient (Wildman–Crippen LogP) is 6.87. The first-order valence-corrected chi connectivity index (χ1v) is 18.8. The van der Waals surface area contributed by atoms with E-state index >= 15 is 0 Å². The third-order valence-corrected chi connectivity index (χ3v) is 10.1. The van der Waals surface area contributed by atoms with Crippen molar-refractivity contribution in [1.82, 2.24) is 20.1 Å². The van der Waals surface area contributed by atoms with E-state index in [1.54, 1.807) is 7.11 Å². The van der Waals surface area contributed by atoms with E-state index in [1.807, 2.05) is 83.6 Å². The zero-order chi connectivity index (χ0) is 44.5. The van der Waals surface area contributed by atoms with Crippen molar-refractivity contribution >= 4 is 57.8 Å². The number of hydrogen-bond acceptors (Lipinski definition) is 7. The highest BCUT2D eigenvalue weighted by molar-refractivity contribution is 6.30. The molecular weight excluding hydrogens is 826 g/mol. The number of anilines is 2. The Labute approximate surface area is 346 Å². The van der Waals surface area contributed by atoms with Crippen molar-refractivity contribution in [2.75, 3.05) is 70.3 Å². The summed E-state index contributed by atoms with van der Waals surface area (Å²) in [7, 11) is 5.76. The Morgan fingerprint density at radius 3 is 2.05 bits per heavy atom. The highest BCUT2D eigenvalue weighted by atomic mass is 35.5. The molecule has 0 radical (unpaired) electrons. The first-order valence-electron chi connectivity index (χ1n) is 18.5. The number of piperazine rings is 1. The zero-order valence-corrected chi connectivity index (χ0v) is 33.7. The molecule has 4 aromatic rings. The van der Waals surface area contributed by atoms with Gasteiger partial charge in [0.2, 0.25) is 5.91 Å². The van der Waals surface area contributed by atoms with Gasteiger partial charge in [-0.1, -0.05) is 36.7 Å². The van der Waals surface area contributed by atoms with Crippen LogP contribution in [0.2, 0.25) is 5.02 Å².